The van der Waals surface area contributed by atoms with E-state index in [2.05, 4.69) is 20.9 Å². The van der Waals surface area contributed by atoms with Crippen LogP contribution in [0.25, 0.3) is 21.4 Å². The van der Waals surface area contributed by atoms with Crippen molar-refractivity contribution in [2.45, 2.75) is 6.54 Å². The molecule has 2 heterocycles. The summed E-state index contributed by atoms with van der Waals surface area (Å²) in [4.78, 5) is 5.43. The minimum atomic E-state index is 0.457. The molecule has 86 valence electrons. The molecule has 0 saturated heterocycles. The van der Waals surface area contributed by atoms with Crippen molar-refractivity contribution in [3.05, 3.63) is 40.1 Å². The third-order valence-electron chi connectivity index (χ3n) is 2.53. The zero-order valence-electron chi connectivity index (χ0n) is 8.81. The predicted octanol–water partition coefficient (Wildman–Crippen LogP) is 3.78. The minimum Gasteiger partial charge on any atom is -0.464 e. The molecule has 0 aliphatic heterocycles. The monoisotopic (exact) mass is 308 g/mol. The molecule has 0 aliphatic rings. The van der Waals surface area contributed by atoms with Gasteiger partial charge < -0.3 is 10.2 Å². The van der Waals surface area contributed by atoms with Gasteiger partial charge in [0.25, 0.3) is 0 Å². The molecule has 2 aromatic heterocycles. The summed E-state index contributed by atoms with van der Waals surface area (Å²) in [5.74, 6) is 0. The summed E-state index contributed by atoms with van der Waals surface area (Å²) in [7, 11) is 0. The average molecular weight is 309 g/mol. The Morgan fingerprint density at radius 3 is 2.94 bits per heavy atom. The van der Waals surface area contributed by atoms with E-state index in [1.165, 1.54) is 0 Å². The molecule has 0 fully saturated rings. The second kappa shape index (κ2) is 4.25. The number of furan rings is 1. The van der Waals surface area contributed by atoms with E-state index in [0.29, 0.717) is 6.54 Å². The summed E-state index contributed by atoms with van der Waals surface area (Å²) in [6, 6.07) is 7.96. The van der Waals surface area contributed by atoms with Crippen LogP contribution in [0.3, 0.4) is 0 Å². The van der Waals surface area contributed by atoms with Crippen molar-refractivity contribution in [2.75, 3.05) is 0 Å². The van der Waals surface area contributed by atoms with Crippen LogP contribution in [0.1, 0.15) is 5.01 Å². The van der Waals surface area contributed by atoms with Gasteiger partial charge in [0.05, 0.1) is 4.88 Å². The Kier molecular flexibility index (Phi) is 2.74. The number of fused-ring (bicyclic) bond motifs is 1. The van der Waals surface area contributed by atoms with Crippen LogP contribution in [0.4, 0.5) is 0 Å². The molecule has 5 heteroatoms. The highest BCUT2D eigenvalue weighted by Gasteiger charge is 2.14. The Morgan fingerprint density at radius 1 is 1.35 bits per heavy atom. The molecule has 0 spiro atoms. The molecule has 0 atom stereocenters. The first kappa shape index (κ1) is 11.0. The summed E-state index contributed by atoms with van der Waals surface area (Å²) >= 11 is 5.06. The van der Waals surface area contributed by atoms with Gasteiger partial charge in [-0.3, -0.25) is 0 Å². The van der Waals surface area contributed by atoms with Gasteiger partial charge in [0.1, 0.15) is 21.5 Å². The van der Waals surface area contributed by atoms with Crippen LogP contribution in [0.2, 0.25) is 0 Å². The van der Waals surface area contributed by atoms with Crippen molar-refractivity contribution in [2.24, 2.45) is 5.73 Å². The van der Waals surface area contributed by atoms with Crippen LogP contribution >= 0.6 is 27.3 Å². The van der Waals surface area contributed by atoms with Crippen molar-refractivity contribution in [3.8, 4) is 10.4 Å². The molecule has 0 aliphatic carbocycles. The maximum Gasteiger partial charge on any atom is 0.134 e. The van der Waals surface area contributed by atoms with Crippen molar-refractivity contribution in [1.29, 1.82) is 0 Å². The number of benzene rings is 1. The van der Waals surface area contributed by atoms with Crippen LogP contribution in [-0.2, 0) is 6.54 Å². The van der Waals surface area contributed by atoms with Crippen LogP contribution in [-0.4, -0.2) is 4.98 Å². The number of thiazole rings is 1. The van der Waals surface area contributed by atoms with E-state index >= 15 is 0 Å². The van der Waals surface area contributed by atoms with Gasteiger partial charge in [-0.1, -0.05) is 18.2 Å². The van der Waals surface area contributed by atoms with Gasteiger partial charge in [0.15, 0.2) is 0 Å². The van der Waals surface area contributed by atoms with E-state index in [4.69, 9.17) is 10.2 Å². The molecular formula is C12H9BrN2OS. The topological polar surface area (TPSA) is 52.0 Å². The first-order valence-corrected chi connectivity index (χ1v) is 6.72. The number of para-hydroxylation sites is 1. The van der Waals surface area contributed by atoms with E-state index in [9.17, 15) is 0 Å². The van der Waals surface area contributed by atoms with Crippen LogP contribution in [0, 0.1) is 0 Å². The first-order chi connectivity index (χ1) is 8.29. The standard InChI is InChI=1S/C12H9BrN2OS/c13-12-11(17-10(5-14)15-12)8-6-16-9-4-2-1-3-7(8)9/h1-4,6H,5,14H2. The van der Waals surface area contributed by atoms with Gasteiger partial charge >= 0.3 is 0 Å². The Labute approximate surface area is 110 Å². The number of halogens is 1. The number of nitrogens with two attached hydrogens (primary N) is 1. The first-order valence-electron chi connectivity index (χ1n) is 5.11. The normalized spacial score (nSPS) is 11.2. The van der Waals surface area contributed by atoms with Gasteiger partial charge in [0, 0.05) is 17.5 Å². The highest BCUT2D eigenvalue weighted by molar-refractivity contribution is 9.10. The summed E-state index contributed by atoms with van der Waals surface area (Å²) in [5.41, 5.74) is 7.55. The molecular weight excluding hydrogens is 300 g/mol. The predicted molar refractivity (Wildman–Crippen MR) is 72.9 cm³/mol. The fraction of sp³-hybridized carbons (Fsp3) is 0.0833. The molecule has 2 N–H and O–H groups in total. The molecule has 0 amide bonds. The second-order valence-electron chi connectivity index (χ2n) is 3.58. The maximum absolute atomic E-state index is 5.60. The second-order valence-corrected chi connectivity index (χ2v) is 5.41. The smallest absolute Gasteiger partial charge is 0.134 e. The van der Waals surface area contributed by atoms with Crippen molar-refractivity contribution < 1.29 is 4.42 Å². The van der Waals surface area contributed by atoms with Crippen LogP contribution in [0.5, 0.6) is 0 Å². The number of hydrogen-bond acceptors (Lipinski definition) is 4. The number of hydrogen-bond donors (Lipinski definition) is 1. The largest absolute Gasteiger partial charge is 0.464 e. The zero-order valence-corrected chi connectivity index (χ0v) is 11.2. The molecule has 0 unspecified atom stereocenters. The lowest BCUT2D eigenvalue weighted by atomic mass is 10.1. The summed E-state index contributed by atoms with van der Waals surface area (Å²) in [6.45, 7) is 0.457. The molecule has 3 rings (SSSR count). The lowest BCUT2D eigenvalue weighted by molar-refractivity contribution is 0.617. The van der Waals surface area contributed by atoms with Gasteiger partial charge in [-0.25, -0.2) is 4.98 Å². The quantitative estimate of drug-likeness (QED) is 0.784. The van der Waals surface area contributed by atoms with Crippen LogP contribution < -0.4 is 5.73 Å². The lowest BCUT2D eigenvalue weighted by Gasteiger charge is -1.93. The van der Waals surface area contributed by atoms with Crippen molar-refractivity contribution >= 4 is 38.2 Å². The average Bonchev–Trinajstić information content (AvgIpc) is 2.92. The van der Waals surface area contributed by atoms with Crippen molar-refractivity contribution in [3.63, 3.8) is 0 Å². The summed E-state index contributed by atoms with van der Waals surface area (Å²) in [5, 5.41) is 2.01. The van der Waals surface area contributed by atoms with E-state index in [1.807, 2.05) is 24.3 Å². The third kappa shape index (κ3) is 1.80. The SMILES string of the molecule is NCc1nc(Br)c(-c2coc3ccccc23)s1. The van der Waals surface area contributed by atoms with E-state index in [1.54, 1.807) is 17.6 Å². The van der Waals surface area contributed by atoms with Gasteiger partial charge in [-0.05, 0) is 22.0 Å². The van der Waals surface area contributed by atoms with Crippen molar-refractivity contribution in [1.82, 2.24) is 4.98 Å². The van der Waals surface area contributed by atoms with E-state index < -0.39 is 0 Å². The fourth-order valence-electron chi connectivity index (χ4n) is 1.75. The Hall–Kier alpha value is -1.17. The molecule has 0 saturated carbocycles. The molecule has 0 radical (unpaired) electrons. The Balaban J connectivity index is 2.23. The zero-order chi connectivity index (χ0) is 11.8. The molecule has 17 heavy (non-hydrogen) atoms. The number of aromatic nitrogens is 1. The Bertz CT molecular complexity index is 674. The third-order valence-corrected chi connectivity index (χ3v) is 4.48. The summed E-state index contributed by atoms with van der Waals surface area (Å²) < 4.78 is 6.36. The highest BCUT2D eigenvalue weighted by atomic mass is 79.9. The fourth-order valence-corrected chi connectivity index (χ4v) is 3.39. The Morgan fingerprint density at radius 2 is 2.18 bits per heavy atom. The van der Waals surface area contributed by atoms with E-state index in [0.717, 1.165) is 31.0 Å². The number of nitrogens with zero attached hydrogens (tertiary/aromatic N) is 1. The minimum absolute atomic E-state index is 0.457. The maximum atomic E-state index is 5.60. The van der Waals surface area contributed by atoms with E-state index in [-0.39, 0.29) is 0 Å². The highest BCUT2D eigenvalue weighted by Crippen LogP contribution is 2.38. The molecule has 1 aromatic carbocycles. The van der Waals surface area contributed by atoms with Gasteiger partial charge in [-0.2, -0.15) is 0 Å². The van der Waals surface area contributed by atoms with Gasteiger partial charge in [0.2, 0.25) is 0 Å². The summed E-state index contributed by atoms with van der Waals surface area (Å²) in [6.07, 6.45) is 1.77. The van der Waals surface area contributed by atoms with Crippen LogP contribution in [0.15, 0.2) is 39.5 Å². The lowest BCUT2D eigenvalue weighted by Crippen LogP contribution is -1.93. The molecule has 3 nitrogen and oxygen atoms in total. The van der Waals surface area contributed by atoms with Gasteiger partial charge in [-0.15, -0.1) is 11.3 Å². The number of rotatable bonds is 2. The molecule has 0 bridgehead atoms. The molecule has 3 aromatic rings.